The summed E-state index contributed by atoms with van der Waals surface area (Å²) < 4.78 is 2.11. The van der Waals surface area contributed by atoms with Gasteiger partial charge in [-0.25, -0.2) is 0 Å². The van der Waals surface area contributed by atoms with Crippen LogP contribution in [-0.4, -0.2) is 11.1 Å². The number of carboxylic acids is 1. The van der Waals surface area contributed by atoms with Crippen LogP contribution in [0.15, 0.2) is 24.4 Å². The lowest BCUT2D eigenvalue weighted by atomic mass is 9.86. The fraction of sp³-hybridized carbons (Fsp3) is 0.500. The van der Waals surface area contributed by atoms with E-state index in [0.717, 1.165) is 6.42 Å². The van der Waals surface area contributed by atoms with Gasteiger partial charge in [-0.2, -0.15) is 4.57 Å². The Balaban J connectivity index is 2.38. The van der Waals surface area contributed by atoms with E-state index in [0.29, 0.717) is 0 Å². The largest absolute Gasteiger partial charge is 0.481 e. The monoisotopic (exact) mass is 206 g/mol. The summed E-state index contributed by atoms with van der Waals surface area (Å²) in [6, 6.07) is 6.16. The molecule has 1 N–H and O–H groups in total. The standard InChI is InChI=1S/C12H15NO2/c1-12(2)8-9(7-11(14)15)13-6-4-3-5-10(12)13/h3-6,9H,7-8H2,1-2H3/p+1. The van der Waals surface area contributed by atoms with Crippen molar-refractivity contribution in [1.82, 2.24) is 0 Å². The van der Waals surface area contributed by atoms with E-state index in [-0.39, 0.29) is 17.9 Å². The van der Waals surface area contributed by atoms with Gasteiger partial charge in [-0.05, 0) is 13.8 Å². The zero-order valence-corrected chi connectivity index (χ0v) is 9.10. The fourth-order valence-corrected chi connectivity index (χ4v) is 2.51. The van der Waals surface area contributed by atoms with Gasteiger partial charge < -0.3 is 5.11 Å². The van der Waals surface area contributed by atoms with Gasteiger partial charge in [-0.15, -0.1) is 0 Å². The second kappa shape index (κ2) is 3.33. The normalized spacial score (nSPS) is 22.4. The molecule has 1 aromatic rings. The highest BCUT2D eigenvalue weighted by atomic mass is 16.4. The fourth-order valence-electron chi connectivity index (χ4n) is 2.51. The molecule has 80 valence electrons. The van der Waals surface area contributed by atoms with Crippen molar-refractivity contribution in [3.05, 3.63) is 30.1 Å². The molecule has 0 aromatic carbocycles. The Hall–Kier alpha value is -1.38. The van der Waals surface area contributed by atoms with Crippen LogP contribution < -0.4 is 4.57 Å². The predicted octanol–water partition coefficient (Wildman–Crippen LogP) is 1.67. The smallest absolute Gasteiger partial charge is 0.310 e. The quantitative estimate of drug-likeness (QED) is 0.748. The van der Waals surface area contributed by atoms with Gasteiger partial charge in [0, 0.05) is 18.6 Å². The predicted molar refractivity (Wildman–Crippen MR) is 55.6 cm³/mol. The van der Waals surface area contributed by atoms with E-state index in [1.807, 2.05) is 18.3 Å². The molecule has 0 spiro atoms. The summed E-state index contributed by atoms with van der Waals surface area (Å²) in [5.74, 6) is -0.722. The Bertz CT molecular complexity index is 398. The van der Waals surface area contributed by atoms with E-state index >= 15 is 0 Å². The number of hydrogen-bond donors (Lipinski definition) is 1. The van der Waals surface area contributed by atoms with E-state index < -0.39 is 5.97 Å². The van der Waals surface area contributed by atoms with Crippen LogP contribution in [0, 0.1) is 0 Å². The lowest BCUT2D eigenvalue weighted by Gasteiger charge is -2.10. The number of rotatable bonds is 2. The molecule has 0 bridgehead atoms. The number of nitrogens with zero attached hydrogens (tertiary/aromatic N) is 1. The zero-order valence-electron chi connectivity index (χ0n) is 9.10. The Kier molecular flexibility index (Phi) is 2.25. The number of aliphatic carboxylic acids is 1. The maximum absolute atomic E-state index is 10.8. The molecule has 1 atom stereocenters. The molecule has 0 saturated heterocycles. The van der Waals surface area contributed by atoms with Crippen LogP contribution in [0.5, 0.6) is 0 Å². The number of pyridine rings is 1. The van der Waals surface area contributed by atoms with Gasteiger partial charge in [0.25, 0.3) is 0 Å². The average Bonchev–Trinajstić information content (AvgIpc) is 2.39. The zero-order chi connectivity index (χ0) is 11.1. The second-order valence-corrected chi connectivity index (χ2v) is 4.83. The summed E-state index contributed by atoms with van der Waals surface area (Å²) >= 11 is 0. The van der Waals surface area contributed by atoms with E-state index in [1.54, 1.807) is 0 Å². The third-order valence-corrected chi connectivity index (χ3v) is 3.13. The molecular weight excluding hydrogens is 190 g/mol. The molecule has 3 nitrogen and oxygen atoms in total. The van der Waals surface area contributed by atoms with Gasteiger partial charge in [0.15, 0.2) is 17.9 Å². The Morgan fingerprint density at radius 1 is 1.60 bits per heavy atom. The number of fused-ring (bicyclic) bond motifs is 1. The van der Waals surface area contributed by atoms with Crippen molar-refractivity contribution in [2.75, 3.05) is 0 Å². The number of carbonyl (C=O) groups is 1. The molecule has 0 fully saturated rings. The minimum Gasteiger partial charge on any atom is -0.481 e. The Labute approximate surface area is 89.4 Å². The first kappa shape index (κ1) is 10.1. The molecule has 1 aliphatic rings. The number of carboxylic acid groups (broad SMARTS) is 1. The summed E-state index contributed by atoms with van der Waals surface area (Å²) in [5.41, 5.74) is 1.32. The number of hydrogen-bond acceptors (Lipinski definition) is 1. The van der Waals surface area contributed by atoms with E-state index in [9.17, 15) is 4.79 Å². The third kappa shape index (κ3) is 1.74. The van der Waals surface area contributed by atoms with E-state index in [4.69, 9.17) is 5.11 Å². The SMILES string of the molecule is CC1(C)CC(CC(=O)O)[n+]2ccccc21. The topological polar surface area (TPSA) is 41.2 Å². The molecule has 3 heteroatoms. The third-order valence-electron chi connectivity index (χ3n) is 3.13. The van der Waals surface area contributed by atoms with Gasteiger partial charge in [-0.1, -0.05) is 6.07 Å². The van der Waals surface area contributed by atoms with Crippen molar-refractivity contribution >= 4 is 5.97 Å². The van der Waals surface area contributed by atoms with Crippen molar-refractivity contribution in [3.8, 4) is 0 Å². The molecular formula is C12H16NO2+. The van der Waals surface area contributed by atoms with Gasteiger partial charge in [0.2, 0.25) is 0 Å². The highest BCUT2D eigenvalue weighted by Crippen LogP contribution is 2.36. The molecule has 1 aromatic heterocycles. The van der Waals surface area contributed by atoms with E-state index in [2.05, 4.69) is 24.5 Å². The Morgan fingerprint density at radius 2 is 2.33 bits per heavy atom. The van der Waals surface area contributed by atoms with Gasteiger partial charge >= 0.3 is 5.97 Å². The van der Waals surface area contributed by atoms with Crippen molar-refractivity contribution in [3.63, 3.8) is 0 Å². The van der Waals surface area contributed by atoms with Crippen LogP contribution in [0.25, 0.3) is 0 Å². The molecule has 1 aliphatic heterocycles. The maximum atomic E-state index is 10.8. The molecule has 0 saturated carbocycles. The minimum absolute atomic E-state index is 0.0847. The van der Waals surface area contributed by atoms with Crippen molar-refractivity contribution < 1.29 is 14.5 Å². The summed E-state index contributed by atoms with van der Waals surface area (Å²) in [5, 5.41) is 8.86. The summed E-state index contributed by atoms with van der Waals surface area (Å²) in [4.78, 5) is 10.8. The highest BCUT2D eigenvalue weighted by molar-refractivity contribution is 5.67. The molecule has 2 heterocycles. The van der Waals surface area contributed by atoms with Crippen molar-refractivity contribution in [1.29, 1.82) is 0 Å². The molecule has 1 unspecified atom stereocenters. The summed E-state index contributed by atoms with van der Waals surface area (Å²) in [7, 11) is 0. The first-order valence-corrected chi connectivity index (χ1v) is 5.23. The Morgan fingerprint density at radius 3 is 3.00 bits per heavy atom. The first-order chi connectivity index (χ1) is 7.00. The lowest BCUT2D eigenvalue weighted by molar-refractivity contribution is -0.716. The molecule has 0 amide bonds. The van der Waals surface area contributed by atoms with Crippen molar-refractivity contribution in [2.24, 2.45) is 0 Å². The van der Waals surface area contributed by atoms with Crippen LogP contribution in [-0.2, 0) is 10.2 Å². The summed E-state index contributed by atoms with van der Waals surface area (Å²) in [6.45, 7) is 4.33. The summed E-state index contributed by atoms with van der Waals surface area (Å²) in [6.07, 6.45) is 3.10. The van der Waals surface area contributed by atoms with Gasteiger partial charge in [0.1, 0.15) is 6.42 Å². The van der Waals surface area contributed by atoms with Crippen LogP contribution in [0.4, 0.5) is 0 Å². The van der Waals surface area contributed by atoms with Crippen LogP contribution >= 0.6 is 0 Å². The van der Waals surface area contributed by atoms with Crippen LogP contribution in [0.2, 0.25) is 0 Å². The minimum atomic E-state index is -0.722. The van der Waals surface area contributed by atoms with Crippen molar-refractivity contribution in [2.45, 2.75) is 38.1 Å². The second-order valence-electron chi connectivity index (χ2n) is 4.83. The van der Waals surface area contributed by atoms with Crippen LogP contribution in [0.3, 0.4) is 0 Å². The molecule has 15 heavy (non-hydrogen) atoms. The highest BCUT2D eigenvalue weighted by Gasteiger charge is 2.44. The molecule has 2 rings (SSSR count). The first-order valence-electron chi connectivity index (χ1n) is 5.23. The lowest BCUT2D eigenvalue weighted by Crippen LogP contribution is -2.39. The molecule has 0 aliphatic carbocycles. The average molecular weight is 206 g/mol. The van der Waals surface area contributed by atoms with Gasteiger partial charge in [-0.3, -0.25) is 4.79 Å². The van der Waals surface area contributed by atoms with E-state index in [1.165, 1.54) is 5.69 Å². The van der Waals surface area contributed by atoms with Crippen LogP contribution in [0.1, 0.15) is 38.4 Å². The molecule has 0 radical (unpaired) electrons. The number of aromatic nitrogens is 1. The van der Waals surface area contributed by atoms with Gasteiger partial charge in [0.05, 0.1) is 5.41 Å². The maximum Gasteiger partial charge on any atom is 0.310 e.